The van der Waals surface area contributed by atoms with Gasteiger partial charge in [-0.1, -0.05) is 36.4 Å². The average Bonchev–Trinajstić information content (AvgIpc) is 2.72. The topological polar surface area (TPSA) is 70.6 Å². The first kappa shape index (κ1) is 17.6. The number of para-hydroxylation sites is 2. The number of carbonyl (C=O) groups excluding carboxylic acids is 2. The highest BCUT2D eigenvalue weighted by molar-refractivity contribution is 6.51. The van der Waals surface area contributed by atoms with E-state index in [9.17, 15) is 14.0 Å². The zero-order valence-electron chi connectivity index (χ0n) is 14.7. The van der Waals surface area contributed by atoms with E-state index in [2.05, 4.69) is 15.6 Å². The molecule has 0 saturated carbocycles. The van der Waals surface area contributed by atoms with Gasteiger partial charge >= 0.3 is 0 Å². The molecule has 6 heteroatoms. The van der Waals surface area contributed by atoms with Gasteiger partial charge in [0.05, 0.1) is 5.69 Å². The molecule has 0 spiro atoms. The molecule has 1 atom stereocenters. The van der Waals surface area contributed by atoms with Gasteiger partial charge in [-0.15, -0.1) is 0 Å². The van der Waals surface area contributed by atoms with Gasteiger partial charge in [-0.25, -0.2) is 9.38 Å². The molecule has 1 amide bonds. The van der Waals surface area contributed by atoms with E-state index in [4.69, 9.17) is 0 Å². The number of fused-ring (bicyclic) bond motifs is 1. The standard InChI is InChI=1S/C22H16FN3O2/c23-14-11-12-18-17(13-14)21(27)19(24-15-7-3-1-4-8-15)20(26-18)22(28)25-16-9-5-2-6-10-16/h1-13,19,24H,(H,25,28). The molecule has 1 heterocycles. The summed E-state index contributed by atoms with van der Waals surface area (Å²) in [6, 6.07) is 20.7. The number of hydrogen-bond acceptors (Lipinski definition) is 4. The van der Waals surface area contributed by atoms with Crippen molar-refractivity contribution >= 4 is 34.5 Å². The fraction of sp³-hybridized carbons (Fsp3) is 0.0455. The second-order valence-corrected chi connectivity index (χ2v) is 6.29. The number of Topliss-reactive ketones (excluding diaryl/α,β-unsaturated/α-hetero) is 1. The molecular formula is C22H16FN3O2. The Morgan fingerprint density at radius 1 is 0.893 bits per heavy atom. The van der Waals surface area contributed by atoms with Crippen LogP contribution in [0.4, 0.5) is 21.5 Å². The Kier molecular flexibility index (Phi) is 4.68. The summed E-state index contributed by atoms with van der Waals surface area (Å²) in [5, 5.41) is 5.80. The number of benzene rings is 3. The van der Waals surface area contributed by atoms with Gasteiger partial charge in [0, 0.05) is 16.9 Å². The Labute approximate surface area is 160 Å². The number of rotatable bonds is 4. The Morgan fingerprint density at radius 2 is 1.54 bits per heavy atom. The SMILES string of the molecule is O=C(Nc1ccccc1)C1=Nc2ccc(F)cc2C(=O)C1Nc1ccccc1. The highest BCUT2D eigenvalue weighted by Gasteiger charge is 2.35. The van der Waals surface area contributed by atoms with Gasteiger partial charge in [0.25, 0.3) is 5.91 Å². The normalized spacial score (nSPS) is 15.4. The number of ketones is 1. The third-order valence-corrected chi connectivity index (χ3v) is 4.35. The second-order valence-electron chi connectivity index (χ2n) is 6.29. The molecule has 0 aliphatic carbocycles. The van der Waals surface area contributed by atoms with Crippen molar-refractivity contribution in [1.82, 2.24) is 0 Å². The molecule has 0 saturated heterocycles. The van der Waals surface area contributed by atoms with Crippen molar-refractivity contribution < 1.29 is 14.0 Å². The maximum absolute atomic E-state index is 13.7. The van der Waals surface area contributed by atoms with E-state index >= 15 is 0 Å². The van der Waals surface area contributed by atoms with Crippen LogP contribution in [0.5, 0.6) is 0 Å². The molecule has 0 aromatic heterocycles. The molecular weight excluding hydrogens is 357 g/mol. The molecule has 0 bridgehead atoms. The van der Waals surface area contributed by atoms with Crippen LogP contribution in [0.1, 0.15) is 10.4 Å². The largest absolute Gasteiger partial charge is 0.370 e. The Balaban J connectivity index is 1.73. The number of hydrogen-bond donors (Lipinski definition) is 2. The van der Waals surface area contributed by atoms with Gasteiger partial charge in [0.15, 0.2) is 5.78 Å². The van der Waals surface area contributed by atoms with Crippen molar-refractivity contribution in [2.75, 3.05) is 10.6 Å². The molecule has 0 radical (unpaired) electrons. The highest BCUT2D eigenvalue weighted by atomic mass is 19.1. The summed E-state index contributed by atoms with van der Waals surface area (Å²) >= 11 is 0. The first-order valence-corrected chi connectivity index (χ1v) is 8.72. The molecule has 5 nitrogen and oxygen atoms in total. The predicted molar refractivity (Wildman–Crippen MR) is 107 cm³/mol. The van der Waals surface area contributed by atoms with Crippen molar-refractivity contribution in [2.24, 2.45) is 4.99 Å². The van der Waals surface area contributed by atoms with Crippen LogP contribution in [0.15, 0.2) is 83.9 Å². The first-order valence-electron chi connectivity index (χ1n) is 8.72. The van der Waals surface area contributed by atoms with E-state index in [0.717, 1.165) is 6.07 Å². The van der Waals surface area contributed by atoms with Crippen molar-refractivity contribution in [2.45, 2.75) is 6.04 Å². The highest BCUT2D eigenvalue weighted by Crippen LogP contribution is 2.28. The zero-order chi connectivity index (χ0) is 19.5. The van der Waals surface area contributed by atoms with Crippen LogP contribution in [-0.2, 0) is 4.79 Å². The van der Waals surface area contributed by atoms with Crippen LogP contribution >= 0.6 is 0 Å². The van der Waals surface area contributed by atoms with Crippen molar-refractivity contribution in [3.05, 3.63) is 90.2 Å². The Bertz CT molecular complexity index is 1070. The molecule has 1 aliphatic heterocycles. The maximum atomic E-state index is 13.7. The first-order chi connectivity index (χ1) is 13.6. The summed E-state index contributed by atoms with van der Waals surface area (Å²) in [4.78, 5) is 30.3. The lowest BCUT2D eigenvalue weighted by Gasteiger charge is -2.25. The van der Waals surface area contributed by atoms with E-state index in [1.165, 1.54) is 12.1 Å². The summed E-state index contributed by atoms with van der Waals surface area (Å²) in [7, 11) is 0. The van der Waals surface area contributed by atoms with E-state index in [0.29, 0.717) is 11.4 Å². The molecule has 1 unspecified atom stereocenters. The Hall–Kier alpha value is -3.80. The quantitative estimate of drug-likeness (QED) is 0.720. The van der Waals surface area contributed by atoms with Crippen LogP contribution in [0.3, 0.4) is 0 Å². The number of carbonyl (C=O) groups is 2. The van der Waals surface area contributed by atoms with Crippen LogP contribution in [-0.4, -0.2) is 23.4 Å². The number of aliphatic imine (C=N–C) groups is 1. The smallest absolute Gasteiger partial charge is 0.272 e. The summed E-state index contributed by atoms with van der Waals surface area (Å²) < 4.78 is 13.7. The van der Waals surface area contributed by atoms with Crippen LogP contribution in [0.25, 0.3) is 0 Å². The summed E-state index contributed by atoms with van der Waals surface area (Å²) in [6.07, 6.45) is 0. The molecule has 138 valence electrons. The number of amides is 1. The number of nitrogens with one attached hydrogen (secondary N) is 2. The second kappa shape index (κ2) is 7.44. The molecule has 3 aromatic carbocycles. The van der Waals surface area contributed by atoms with Crippen LogP contribution < -0.4 is 10.6 Å². The minimum atomic E-state index is -1.03. The summed E-state index contributed by atoms with van der Waals surface area (Å²) in [5.41, 5.74) is 1.68. The lowest BCUT2D eigenvalue weighted by atomic mass is 9.94. The van der Waals surface area contributed by atoms with Gasteiger partial charge < -0.3 is 10.6 Å². The molecule has 4 rings (SSSR count). The van der Waals surface area contributed by atoms with E-state index < -0.39 is 23.5 Å². The fourth-order valence-corrected chi connectivity index (χ4v) is 3.01. The fourth-order valence-electron chi connectivity index (χ4n) is 3.01. The molecule has 2 N–H and O–H groups in total. The number of anilines is 2. The number of halogens is 1. The Morgan fingerprint density at radius 3 is 2.21 bits per heavy atom. The third-order valence-electron chi connectivity index (χ3n) is 4.35. The molecule has 0 fully saturated rings. The lowest BCUT2D eigenvalue weighted by Crippen LogP contribution is -2.45. The average molecular weight is 373 g/mol. The van der Waals surface area contributed by atoms with Gasteiger partial charge in [-0.05, 0) is 42.5 Å². The van der Waals surface area contributed by atoms with E-state index in [1.807, 2.05) is 24.3 Å². The van der Waals surface area contributed by atoms with Crippen LogP contribution in [0.2, 0.25) is 0 Å². The number of nitrogens with zero attached hydrogens (tertiary/aromatic N) is 1. The van der Waals surface area contributed by atoms with E-state index in [-0.39, 0.29) is 17.0 Å². The predicted octanol–water partition coefficient (Wildman–Crippen LogP) is 4.21. The molecule has 1 aliphatic rings. The lowest BCUT2D eigenvalue weighted by molar-refractivity contribution is -0.110. The zero-order valence-corrected chi connectivity index (χ0v) is 14.7. The van der Waals surface area contributed by atoms with Gasteiger partial charge in [-0.3, -0.25) is 9.59 Å². The summed E-state index contributed by atoms with van der Waals surface area (Å²) in [6.45, 7) is 0. The van der Waals surface area contributed by atoms with E-state index in [1.54, 1.807) is 36.4 Å². The minimum Gasteiger partial charge on any atom is -0.370 e. The third kappa shape index (κ3) is 3.53. The van der Waals surface area contributed by atoms with Crippen molar-refractivity contribution in [3.8, 4) is 0 Å². The van der Waals surface area contributed by atoms with Gasteiger partial charge in [0.1, 0.15) is 17.6 Å². The summed E-state index contributed by atoms with van der Waals surface area (Å²) in [5.74, 6) is -1.44. The monoisotopic (exact) mass is 373 g/mol. The molecule has 3 aromatic rings. The van der Waals surface area contributed by atoms with Gasteiger partial charge in [0.2, 0.25) is 0 Å². The molecule has 28 heavy (non-hydrogen) atoms. The minimum absolute atomic E-state index is 0.0248. The van der Waals surface area contributed by atoms with Crippen molar-refractivity contribution in [1.29, 1.82) is 0 Å². The maximum Gasteiger partial charge on any atom is 0.272 e. The van der Waals surface area contributed by atoms with Gasteiger partial charge in [-0.2, -0.15) is 0 Å². The van der Waals surface area contributed by atoms with Crippen molar-refractivity contribution in [3.63, 3.8) is 0 Å². The van der Waals surface area contributed by atoms with Crippen LogP contribution in [0, 0.1) is 5.82 Å².